The zero-order chi connectivity index (χ0) is 25.3. The van der Waals surface area contributed by atoms with E-state index in [1.54, 1.807) is 6.07 Å². The quantitative estimate of drug-likeness (QED) is 0.599. The molecule has 8 nitrogen and oxygen atoms in total. The molecule has 1 aliphatic heterocycles. The van der Waals surface area contributed by atoms with Gasteiger partial charge < -0.3 is 10.4 Å². The van der Waals surface area contributed by atoms with Crippen molar-refractivity contribution in [3.05, 3.63) is 35.0 Å². The number of carboxylic acids is 1. The van der Waals surface area contributed by atoms with Crippen LogP contribution in [0.1, 0.15) is 68.1 Å². The van der Waals surface area contributed by atoms with Crippen molar-refractivity contribution in [1.82, 2.24) is 14.6 Å². The molecule has 190 valence electrons. The van der Waals surface area contributed by atoms with Crippen molar-refractivity contribution < 1.29 is 23.1 Å². The average molecular weight is 502 g/mol. The van der Waals surface area contributed by atoms with Crippen LogP contribution in [0.5, 0.6) is 0 Å². The maximum atomic E-state index is 13.4. The van der Waals surface area contributed by atoms with Crippen LogP contribution in [0.2, 0.25) is 0 Å². The maximum Gasteiger partial charge on any atom is 0.336 e. The Labute approximate surface area is 207 Å². The van der Waals surface area contributed by atoms with Crippen LogP contribution in [-0.2, 0) is 27.7 Å². The van der Waals surface area contributed by atoms with Crippen LogP contribution in [0.25, 0.3) is 10.9 Å². The molecule has 1 unspecified atom stereocenters. The Morgan fingerprint density at radius 3 is 2.57 bits per heavy atom. The van der Waals surface area contributed by atoms with Crippen LogP contribution in [0.4, 0.5) is 0 Å². The van der Waals surface area contributed by atoms with E-state index < -0.39 is 16.0 Å². The summed E-state index contributed by atoms with van der Waals surface area (Å²) in [7, 11) is -3.82. The van der Waals surface area contributed by atoms with E-state index in [1.807, 2.05) is 0 Å². The largest absolute Gasteiger partial charge is 0.478 e. The number of carbonyl (C=O) groups is 2. The number of hydrogen-bond donors (Lipinski definition) is 2. The Balaban J connectivity index is 1.56. The minimum absolute atomic E-state index is 0.00965. The predicted molar refractivity (Wildman–Crippen MR) is 134 cm³/mol. The third-order valence-corrected chi connectivity index (χ3v) is 9.16. The number of aromatic nitrogens is 1. The standard InChI is InChI=1S/C26H35N3O5S/c1-16(2)8-11-27-25(30)18-9-12-29(13-10-18)35(33,34)19-5-7-23-21(15-19)24(26(31)32)20-14-17(3)4-6-22(20)28-23/h5,7,15-18H,4,6,8-14H2,1-3H3,(H,27,30)(H,31,32). The van der Waals surface area contributed by atoms with Gasteiger partial charge in [-0.1, -0.05) is 20.8 Å². The molecule has 1 saturated heterocycles. The lowest BCUT2D eigenvalue weighted by Crippen LogP contribution is -2.43. The van der Waals surface area contributed by atoms with Gasteiger partial charge in [0.2, 0.25) is 15.9 Å². The third-order valence-electron chi connectivity index (χ3n) is 7.27. The Morgan fingerprint density at radius 1 is 1.20 bits per heavy atom. The molecule has 0 radical (unpaired) electrons. The van der Waals surface area contributed by atoms with Crippen LogP contribution in [0.3, 0.4) is 0 Å². The minimum atomic E-state index is -3.82. The highest BCUT2D eigenvalue weighted by Gasteiger charge is 2.33. The number of aryl methyl sites for hydroxylation is 1. The van der Waals surface area contributed by atoms with E-state index in [0.29, 0.717) is 48.5 Å². The van der Waals surface area contributed by atoms with Crippen LogP contribution in [0.15, 0.2) is 23.1 Å². The highest BCUT2D eigenvalue weighted by molar-refractivity contribution is 7.89. The van der Waals surface area contributed by atoms with Crippen LogP contribution in [-0.4, -0.2) is 54.3 Å². The maximum absolute atomic E-state index is 13.4. The van der Waals surface area contributed by atoms with Crippen LogP contribution in [0, 0.1) is 17.8 Å². The lowest BCUT2D eigenvalue weighted by atomic mass is 9.84. The summed E-state index contributed by atoms with van der Waals surface area (Å²) in [4.78, 5) is 29.4. The van der Waals surface area contributed by atoms with E-state index in [4.69, 9.17) is 0 Å². The zero-order valence-corrected chi connectivity index (χ0v) is 21.5. The Morgan fingerprint density at radius 2 is 1.91 bits per heavy atom. The summed E-state index contributed by atoms with van der Waals surface area (Å²) in [6.07, 6.45) is 4.16. The van der Waals surface area contributed by atoms with Crippen molar-refractivity contribution in [3.8, 4) is 0 Å². The number of carboxylic acid groups (broad SMARTS) is 1. The first-order valence-electron chi connectivity index (χ1n) is 12.5. The number of fused-ring (bicyclic) bond motifs is 2. The summed E-state index contributed by atoms with van der Waals surface area (Å²) in [6, 6.07) is 4.59. The van der Waals surface area contributed by atoms with Gasteiger partial charge >= 0.3 is 5.97 Å². The molecular formula is C26H35N3O5S. The Kier molecular flexibility index (Phi) is 7.47. The molecule has 1 aliphatic carbocycles. The molecule has 2 aliphatic rings. The number of carbonyl (C=O) groups excluding carboxylic acids is 1. The topological polar surface area (TPSA) is 117 Å². The number of benzene rings is 1. The first kappa shape index (κ1) is 25.6. The molecule has 1 aromatic heterocycles. The molecule has 2 N–H and O–H groups in total. The number of piperidine rings is 1. The number of amides is 1. The second-order valence-corrected chi connectivity index (χ2v) is 12.3. The van der Waals surface area contributed by atoms with Gasteiger partial charge in [0, 0.05) is 36.6 Å². The van der Waals surface area contributed by atoms with Gasteiger partial charge in [0.25, 0.3) is 0 Å². The number of pyridine rings is 1. The molecule has 1 atom stereocenters. The van der Waals surface area contributed by atoms with Gasteiger partial charge in [0.05, 0.1) is 16.0 Å². The Bertz CT molecular complexity index is 1230. The summed E-state index contributed by atoms with van der Waals surface area (Å²) >= 11 is 0. The highest BCUT2D eigenvalue weighted by Crippen LogP contribution is 2.33. The Hall–Kier alpha value is -2.52. The van der Waals surface area contributed by atoms with E-state index in [0.717, 1.165) is 30.5 Å². The summed E-state index contributed by atoms with van der Waals surface area (Å²) < 4.78 is 28.3. The predicted octanol–water partition coefficient (Wildman–Crippen LogP) is 3.62. The molecule has 0 spiro atoms. The van der Waals surface area contributed by atoms with Crippen molar-refractivity contribution in [1.29, 1.82) is 0 Å². The van der Waals surface area contributed by atoms with Gasteiger partial charge in [0.1, 0.15) is 0 Å². The fraction of sp³-hybridized carbons (Fsp3) is 0.577. The fourth-order valence-corrected chi connectivity index (χ4v) is 6.63. The van der Waals surface area contributed by atoms with Gasteiger partial charge in [-0.3, -0.25) is 9.78 Å². The smallest absolute Gasteiger partial charge is 0.336 e. The third kappa shape index (κ3) is 5.35. The first-order chi connectivity index (χ1) is 16.6. The lowest BCUT2D eigenvalue weighted by Gasteiger charge is -2.30. The molecule has 4 rings (SSSR count). The van der Waals surface area contributed by atoms with Crippen molar-refractivity contribution in [3.63, 3.8) is 0 Å². The van der Waals surface area contributed by atoms with E-state index in [9.17, 15) is 23.1 Å². The SMILES string of the molecule is CC(C)CCNC(=O)C1CCN(S(=O)(=O)c2ccc3nc4c(c(C(=O)O)c3c2)CC(C)CC4)CC1. The normalized spacial score (nSPS) is 19.6. The number of sulfonamides is 1. The molecule has 0 saturated carbocycles. The van der Waals surface area contributed by atoms with Crippen molar-refractivity contribution >= 4 is 32.8 Å². The molecular weight excluding hydrogens is 466 g/mol. The highest BCUT2D eigenvalue weighted by atomic mass is 32.2. The second kappa shape index (κ2) is 10.2. The van der Waals surface area contributed by atoms with E-state index in [-0.39, 0.29) is 35.4 Å². The molecule has 2 heterocycles. The molecule has 0 bridgehead atoms. The van der Waals surface area contributed by atoms with Crippen molar-refractivity contribution in [2.24, 2.45) is 17.8 Å². The van der Waals surface area contributed by atoms with Gasteiger partial charge in [-0.15, -0.1) is 0 Å². The molecule has 35 heavy (non-hydrogen) atoms. The summed E-state index contributed by atoms with van der Waals surface area (Å²) in [6.45, 7) is 7.45. The molecule has 9 heteroatoms. The number of hydrogen-bond acceptors (Lipinski definition) is 5. The lowest BCUT2D eigenvalue weighted by molar-refractivity contribution is -0.126. The number of nitrogens with one attached hydrogen (secondary N) is 1. The monoisotopic (exact) mass is 501 g/mol. The molecule has 1 amide bonds. The fourth-order valence-electron chi connectivity index (χ4n) is 5.13. The summed E-state index contributed by atoms with van der Waals surface area (Å²) in [5.74, 6) is -0.390. The number of aromatic carboxylic acids is 1. The van der Waals surface area contributed by atoms with Gasteiger partial charge in [-0.05, 0) is 74.1 Å². The van der Waals surface area contributed by atoms with Gasteiger partial charge in [-0.25, -0.2) is 13.2 Å². The average Bonchev–Trinajstić information content (AvgIpc) is 2.81. The first-order valence-corrected chi connectivity index (χ1v) is 14.0. The van der Waals surface area contributed by atoms with Crippen molar-refractivity contribution in [2.45, 2.75) is 64.2 Å². The second-order valence-electron chi connectivity index (χ2n) is 10.4. The molecule has 1 fully saturated rings. The van der Waals surface area contributed by atoms with Crippen molar-refractivity contribution in [2.75, 3.05) is 19.6 Å². The number of rotatable bonds is 7. The molecule has 1 aromatic carbocycles. The van der Waals surface area contributed by atoms with Crippen LogP contribution >= 0.6 is 0 Å². The van der Waals surface area contributed by atoms with Gasteiger partial charge in [-0.2, -0.15) is 4.31 Å². The number of nitrogens with zero attached hydrogens (tertiary/aromatic N) is 2. The van der Waals surface area contributed by atoms with Gasteiger partial charge in [0.15, 0.2) is 0 Å². The molecule has 2 aromatic rings. The van der Waals surface area contributed by atoms with E-state index >= 15 is 0 Å². The summed E-state index contributed by atoms with van der Waals surface area (Å²) in [5, 5.41) is 13.3. The minimum Gasteiger partial charge on any atom is -0.478 e. The van der Waals surface area contributed by atoms with Crippen LogP contribution < -0.4 is 5.32 Å². The van der Waals surface area contributed by atoms with E-state index in [2.05, 4.69) is 31.1 Å². The van der Waals surface area contributed by atoms with E-state index in [1.165, 1.54) is 16.4 Å². The summed E-state index contributed by atoms with van der Waals surface area (Å²) in [5.41, 5.74) is 2.21. The zero-order valence-electron chi connectivity index (χ0n) is 20.7.